The van der Waals surface area contributed by atoms with Crippen molar-refractivity contribution in [2.24, 2.45) is 5.92 Å². The van der Waals surface area contributed by atoms with Gasteiger partial charge in [0.15, 0.2) is 0 Å². The number of amides is 1. The molecule has 1 aliphatic heterocycles. The molecular weight excluding hydrogens is 235 g/mol. The minimum Gasteiger partial charge on any atom is -0.489 e. The van der Waals surface area contributed by atoms with Gasteiger partial charge < -0.3 is 15.0 Å². The fourth-order valence-electron chi connectivity index (χ4n) is 2.08. The molecule has 1 amide bonds. The topological polar surface area (TPSA) is 41.6 Å². The summed E-state index contributed by atoms with van der Waals surface area (Å²) in [6, 6.07) is 4.25. The van der Waals surface area contributed by atoms with Crippen LogP contribution in [0.1, 0.15) is 6.92 Å². The minimum absolute atomic E-state index is 0.0282. The predicted molar refractivity (Wildman–Crippen MR) is 67.3 cm³/mol. The third-order valence-corrected chi connectivity index (χ3v) is 2.98. The van der Waals surface area contributed by atoms with Gasteiger partial charge in [-0.25, -0.2) is 4.39 Å². The summed E-state index contributed by atoms with van der Waals surface area (Å²) in [5, 5.41) is 2.98. The highest BCUT2D eigenvalue weighted by molar-refractivity contribution is 5.96. The number of hydrogen-bond acceptors (Lipinski definition) is 3. The molecule has 98 valence electrons. The molecule has 0 aliphatic carbocycles. The first-order valence-electron chi connectivity index (χ1n) is 6.02. The summed E-state index contributed by atoms with van der Waals surface area (Å²) in [6.07, 6.45) is 0. The number of benzene rings is 1. The van der Waals surface area contributed by atoms with Crippen molar-refractivity contribution < 1.29 is 13.9 Å². The third-order valence-electron chi connectivity index (χ3n) is 2.98. The fourth-order valence-corrected chi connectivity index (χ4v) is 2.08. The Morgan fingerprint density at radius 3 is 3.11 bits per heavy atom. The van der Waals surface area contributed by atoms with Gasteiger partial charge in [-0.3, -0.25) is 4.79 Å². The molecule has 2 rings (SSSR count). The number of anilines is 1. The SMILES string of the molecule is CNCC(C)C(=O)N1CCOc2cc(F)ccc21. The van der Waals surface area contributed by atoms with Crippen LogP contribution in [0.4, 0.5) is 10.1 Å². The zero-order valence-corrected chi connectivity index (χ0v) is 10.6. The van der Waals surface area contributed by atoms with Crippen molar-refractivity contribution in [1.82, 2.24) is 5.32 Å². The first kappa shape index (κ1) is 12.8. The van der Waals surface area contributed by atoms with Crippen molar-refractivity contribution in [3.8, 4) is 5.75 Å². The van der Waals surface area contributed by atoms with Crippen molar-refractivity contribution in [1.29, 1.82) is 0 Å². The highest BCUT2D eigenvalue weighted by Gasteiger charge is 2.27. The van der Waals surface area contributed by atoms with Crippen LogP contribution in [0.15, 0.2) is 18.2 Å². The Morgan fingerprint density at radius 2 is 2.39 bits per heavy atom. The van der Waals surface area contributed by atoms with Crippen LogP contribution >= 0.6 is 0 Å². The molecule has 1 unspecified atom stereocenters. The van der Waals surface area contributed by atoms with Gasteiger partial charge in [-0.05, 0) is 19.2 Å². The van der Waals surface area contributed by atoms with Crippen molar-refractivity contribution in [3.63, 3.8) is 0 Å². The summed E-state index contributed by atoms with van der Waals surface area (Å²) in [5.41, 5.74) is 0.649. The normalized spacial score (nSPS) is 15.8. The Balaban J connectivity index is 2.24. The molecule has 4 nitrogen and oxygen atoms in total. The van der Waals surface area contributed by atoms with E-state index in [2.05, 4.69) is 5.32 Å². The monoisotopic (exact) mass is 252 g/mol. The number of carbonyl (C=O) groups excluding carboxylic acids is 1. The van der Waals surface area contributed by atoms with E-state index in [0.29, 0.717) is 31.1 Å². The number of nitrogens with one attached hydrogen (secondary N) is 1. The van der Waals surface area contributed by atoms with Gasteiger partial charge in [0.2, 0.25) is 5.91 Å². The first-order chi connectivity index (χ1) is 8.63. The van der Waals surface area contributed by atoms with Gasteiger partial charge in [0, 0.05) is 18.5 Å². The standard InChI is InChI=1S/C13H17FN2O2/c1-9(8-15-2)13(17)16-5-6-18-12-7-10(14)3-4-11(12)16/h3-4,7,9,15H,5-6,8H2,1-2H3. The number of carbonyl (C=O) groups is 1. The van der Waals surface area contributed by atoms with E-state index >= 15 is 0 Å². The third kappa shape index (κ3) is 2.46. The van der Waals surface area contributed by atoms with Gasteiger partial charge in [0.25, 0.3) is 0 Å². The largest absolute Gasteiger partial charge is 0.489 e. The average molecular weight is 252 g/mol. The van der Waals surface area contributed by atoms with Crippen molar-refractivity contribution in [2.75, 3.05) is 31.6 Å². The molecule has 1 N–H and O–H groups in total. The van der Waals surface area contributed by atoms with E-state index in [1.54, 1.807) is 11.0 Å². The number of halogens is 1. The molecule has 0 saturated heterocycles. The lowest BCUT2D eigenvalue weighted by atomic mass is 10.1. The summed E-state index contributed by atoms with van der Waals surface area (Å²) in [4.78, 5) is 13.9. The maximum absolute atomic E-state index is 13.1. The smallest absolute Gasteiger partial charge is 0.231 e. The first-order valence-corrected chi connectivity index (χ1v) is 6.02. The number of fused-ring (bicyclic) bond motifs is 1. The van der Waals surface area contributed by atoms with E-state index in [1.165, 1.54) is 12.1 Å². The molecule has 1 aromatic carbocycles. The number of rotatable bonds is 3. The molecule has 18 heavy (non-hydrogen) atoms. The van der Waals surface area contributed by atoms with E-state index in [9.17, 15) is 9.18 Å². The molecule has 0 aromatic heterocycles. The number of nitrogens with zero attached hydrogens (tertiary/aromatic N) is 1. The van der Waals surface area contributed by atoms with Crippen LogP contribution in [-0.2, 0) is 4.79 Å². The summed E-state index contributed by atoms with van der Waals surface area (Å²) in [7, 11) is 1.81. The van der Waals surface area contributed by atoms with E-state index in [0.717, 1.165) is 0 Å². The van der Waals surface area contributed by atoms with Gasteiger partial charge in [-0.2, -0.15) is 0 Å². The zero-order valence-electron chi connectivity index (χ0n) is 10.6. The second-order valence-corrected chi connectivity index (χ2v) is 4.41. The van der Waals surface area contributed by atoms with E-state index in [1.807, 2.05) is 14.0 Å². The zero-order chi connectivity index (χ0) is 13.1. The molecule has 0 bridgehead atoms. The Morgan fingerprint density at radius 1 is 1.61 bits per heavy atom. The molecule has 0 saturated carbocycles. The highest BCUT2D eigenvalue weighted by atomic mass is 19.1. The summed E-state index contributed by atoms with van der Waals surface area (Å²) in [6.45, 7) is 3.39. The molecule has 0 spiro atoms. The quantitative estimate of drug-likeness (QED) is 0.884. The van der Waals surface area contributed by atoms with Crippen molar-refractivity contribution in [3.05, 3.63) is 24.0 Å². The van der Waals surface area contributed by atoms with E-state index < -0.39 is 0 Å². The lowest BCUT2D eigenvalue weighted by molar-refractivity contribution is -0.122. The van der Waals surface area contributed by atoms with Gasteiger partial charge in [0.1, 0.15) is 18.2 Å². The highest BCUT2D eigenvalue weighted by Crippen LogP contribution is 2.32. The van der Waals surface area contributed by atoms with E-state index in [4.69, 9.17) is 4.74 Å². The maximum atomic E-state index is 13.1. The van der Waals surface area contributed by atoms with Crippen LogP contribution in [0.2, 0.25) is 0 Å². The second-order valence-electron chi connectivity index (χ2n) is 4.41. The molecule has 0 fully saturated rings. The average Bonchev–Trinajstić information content (AvgIpc) is 2.37. The van der Waals surface area contributed by atoms with Crippen LogP contribution in [0.5, 0.6) is 5.75 Å². The molecule has 0 radical (unpaired) electrons. The molecule has 1 aromatic rings. The lowest BCUT2D eigenvalue weighted by Gasteiger charge is -2.31. The summed E-state index contributed by atoms with van der Waals surface area (Å²) >= 11 is 0. The maximum Gasteiger partial charge on any atom is 0.231 e. The fraction of sp³-hybridized carbons (Fsp3) is 0.462. The Hall–Kier alpha value is -1.62. The van der Waals surface area contributed by atoms with Gasteiger partial charge in [0.05, 0.1) is 12.2 Å². The second kappa shape index (κ2) is 5.35. The van der Waals surface area contributed by atoms with Crippen LogP contribution in [0, 0.1) is 11.7 Å². The summed E-state index contributed by atoms with van der Waals surface area (Å²) < 4.78 is 18.5. The molecule has 1 aliphatic rings. The van der Waals surface area contributed by atoms with Gasteiger partial charge in [-0.15, -0.1) is 0 Å². The van der Waals surface area contributed by atoms with Crippen LogP contribution in [-0.4, -0.2) is 32.7 Å². The van der Waals surface area contributed by atoms with Crippen LogP contribution in [0.25, 0.3) is 0 Å². The summed E-state index contributed by atoms with van der Waals surface area (Å²) in [5.74, 6) is -0.0101. The molecular formula is C13H17FN2O2. The van der Waals surface area contributed by atoms with Crippen LogP contribution < -0.4 is 15.0 Å². The number of hydrogen-bond donors (Lipinski definition) is 1. The Bertz CT molecular complexity index is 451. The van der Waals surface area contributed by atoms with Crippen LogP contribution in [0.3, 0.4) is 0 Å². The minimum atomic E-state index is -0.355. The predicted octanol–water partition coefficient (Wildman–Crippen LogP) is 1.41. The molecule has 1 heterocycles. The van der Waals surface area contributed by atoms with Crippen molar-refractivity contribution in [2.45, 2.75) is 6.92 Å². The Kier molecular flexibility index (Phi) is 3.81. The van der Waals surface area contributed by atoms with Gasteiger partial charge in [-0.1, -0.05) is 6.92 Å². The Labute approximate surface area is 106 Å². The lowest BCUT2D eigenvalue weighted by Crippen LogP contribution is -2.43. The molecule has 1 atom stereocenters. The van der Waals surface area contributed by atoms with Gasteiger partial charge >= 0.3 is 0 Å². The van der Waals surface area contributed by atoms with E-state index in [-0.39, 0.29) is 17.6 Å². The van der Waals surface area contributed by atoms with Crippen molar-refractivity contribution >= 4 is 11.6 Å². The molecule has 5 heteroatoms. The number of ether oxygens (including phenoxy) is 1.